The molecule has 5 heteroatoms. The van der Waals surface area contributed by atoms with Crippen LogP contribution in [0.4, 0.5) is 0 Å². The molecule has 3 nitrogen and oxygen atoms in total. The van der Waals surface area contributed by atoms with Gasteiger partial charge in [-0.3, -0.25) is 9.48 Å². The van der Waals surface area contributed by atoms with Crippen molar-refractivity contribution in [1.82, 2.24) is 9.78 Å². The van der Waals surface area contributed by atoms with Crippen LogP contribution in [0.1, 0.15) is 42.9 Å². The highest BCUT2D eigenvalue weighted by molar-refractivity contribution is 6.68. The number of aromatic nitrogens is 2. The Hall–Kier alpha value is -0.540. The van der Waals surface area contributed by atoms with Crippen molar-refractivity contribution in [2.75, 3.05) is 0 Å². The summed E-state index contributed by atoms with van der Waals surface area (Å²) in [6.45, 7) is 6.41. The van der Waals surface area contributed by atoms with E-state index in [-0.39, 0.29) is 5.92 Å². The highest BCUT2D eigenvalue weighted by atomic mass is 35.5. The highest BCUT2D eigenvalue weighted by Crippen LogP contribution is 2.27. The third-order valence-corrected chi connectivity index (χ3v) is 2.50. The molecule has 0 aliphatic rings. The molecule has 78 valence electrons. The lowest BCUT2D eigenvalue weighted by Crippen LogP contribution is -2.05. The molecule has 0 unspecified atom stereocenters. The van der Waals surface area contributed by atoms with Crippen molar-refractivity contribution < 1.29 is 4.79 Å². The second kappa shape index (κ2) is 4.32. The zero-order valence-corrected chi connectivity index (χ0v) is 9.85. The predicted molar refractivity (Wildman–Crippen MR) is 57.2 cm³/mol. The smallest absolute Gasteiger partial charge is 0.272 e. The van der Waals surface area contributed by atoms with E-state index < -0.39 is 5.24 Å². The first kappa shape index (κ1) is 11.5. The van der Waals surface area contributed by atoms with Crippen molar-refractivity contribution in [3.63, 3.8) is 0 Å². The van der Waals surface area contributed by atoms with Crippen LogP contribution in [0.3, 0.4) is 0 Å². The zero-order valence-electron chi connectivity index (χ0n) is 8.34. The average Bonchev–Trinajstić information content (AvgIpc) is 2.42. The lowest BCUT2D eigenvalue weighted by Gasteiger charge is -1.98. The van der Waals surface area contributed by atoms with Crippen molar-refractivity contribution in [3.05, 3.63) is 16.4 Å². The van der Waals surface area contributed by atoms with Gasteiger partial charge >= 0.3 is 0 Å². The Morgan fingerprint density at radius 1 is 1.57 bits per heavy atom. The van der Waals surface area contributed by atoms with Crippen molar-refractivity contribution in [3.8, 4) is 0 Å². The topological polar surface area (TPSA) is 34.9 Å². The van der Waals surface area contributed by atoms with Gasteiger partial charge in [-0.15, -0.1) is 0 Å². The number of carbonyl (C=O) groups excluding carboxylic acids is 1. The second-order valence-electron chi connectivity index (χ2n) is 3.29. The van der Waals surface area contributed by atoms with Gasteiger partial charge in [0.25, 0.3) is 5.24 Å². The summed E-state index contributed by atoms with van der Waals surface area (Å²) >= 11 is 11.4. The molecule has 0 atom stereocenters. The summed E-state index contributed by atoms with van der Waals surface area (Å²) in [6.07, 6.45) is 0. The molecule has 1 heterocycles. The third-order valence-electron chi connectivity index (χ3n) is 1.95. The van der Waals surface area contributed by atoms with Gasteiger partial charge < -0.3 is 0 Å². The van der Waals surface area contributed by atoms with Crippen LogP contribution in [0, 0.1) is 0 Å². The summed E-state index contributed by atoms with van der Waals surface area (Å²) in [7, 11) is 0. The average molecular weight is 235 g/mol. The Labute approximate surface area is 93.0 Å². The van der Waals surface area contributed by atoms with E-state index in [1.807, 2.05) is 20.8 Å². The largest absolute Gasteiger partial charge is 0.274 e. The fourth-order valence-corrected chi connectivity index (χ4v) is 1.92. The fraction of sp³-hybridized carbons (Fsp3) is 0.556. The first-order valence-electron chi connectivity index (χ1n) is 4.45. The second-order valence-corrected chi connectivity index (χ2v) is 4.01. The van der Waals surface area contributed by atoms with Crippen LogP contribution >= 0.6 is 23.2 Å². The van der Waals surface area contributed by atoms with E-state index in [2.05, 4.69) is 5.10 Å². The molecule has 0 radical (unpaired) electrons. The Balaban J connectivity index is 3.33. The van der Waals surface area contributed by atoms with E-state index in [1.54, 1.807) is 0 Å². The van der Waals surface area contributed by atoms with Crippen LogP contribution < -0.4 is 0 Å². The molecule has 0 saturated carbocycles. The van der Waals surface area contributed by atoms with Gasteiger partial charge in [0.15, 0.2) is 0 Å². The Morgan fingerprint density at radius 3 is 2.43 bits per heavy atom. The lowest BCUT2D eigenvalue weighted by molar-refractivity contribution is 0.107. The molecular weight excluding hydrogens is 223 g/mol. The van der Waals surface area contributed by atoms with E-state index in [0.717, 1.165) is 5.69 Å². The highest BCUT2D eigenvalue weighted by Gasteiger charge is 2.21. The number of rotatable bonds is 3. The summed E-state index contributed by atoms with van der Waals surface area (Å²) in [4.78, 5) is 11.1. The first-order valence-corrected chi connectivity index (χ1v) is 5.20. The number of aryl methyl sites for hydroxylation is 1. The monoisotopic (exact) mass is 234 g/mol. The first-order chi connectivity index (χ1) is 6.49. The van der Waals surface area contributed by atoms with Crippen LogP contribution in [0.2, 0.25) is 5.02 Å². The number of halogens is 2. The van der Waals surface area contributed by atoms with Gasteiger partial charge in [0.2, 0.25) is 0 Å². The summed E-state index contributed by atoms with van der Waals surface area (Å²) < 4.78 is 1.53. The fourth-order valence-electron chi connectivity index (χ4n) is 1.24. The van der Waals surface area contributed by atoms with Gasteiger partial charge in [0.05, 0.1) is 10.7 Å². The summed E-state index contributed by atoms with van der Waals surface area (Å²) in [5.41, 5.74) is 1.01. The minimum atomic E-state index is -0.559. The normalized spacial score (nSPS) is 11.0. The van der Waals surface area contributed by atoms with E-state index in [4.69, 9.17) is 23.2 Å². The molecule has 0 N–H and O–H groups in total. The van der Waals surface area contributed by atoms with Gasteiger partial charge in [-0.25, -0.2) is 0 Å². The maximum absolute atomic E-state index is 11.1. The van der Waals surface area contributed by atoms with Gasteiger partial charge in [-0.2, -0.15) is 5.10 Å². The molecule has 0 amide bonds. The summed E-state index contributed by atoms with van der Waals surface area (Å²) in [5, 5.41) is 4.05. The molecule has 0 bridgehead atoms. The van der Waals surface area contributed by atoms with Gasteiger partial charge in [0, 0.05) is 6.54 Å². The molecular formula is C9H12Cl2N2O. The molecule has 1 aromatic heterocycles. The molecule has 0 aromatic carbocycles. The molecule has 0 spiro atoms. The Bertz CT molecular complexity index is 358. The van der Waals surface area contributed by atoms with Crippen molar-refractivity contribution in [2.45, 2.75) is 33.2 Å². The van der Waals surface area contributed by atoms with Crippen LogP contribution in [-0.4, -0.2) is 15.0 Å². The maximum Gasteiger partial charge on any atom is 0.272 e. The molecule has 14 heavy (non-hydrogen) atoms. The minimum Gasteiger partial charge on any atom is -0.274 e. The zero-order chi connectivity index (χ0) is 10.9. The predicted octanol–water partition coefficient (Wildman–Crippen LogP) is 3.06. The van der Waals surface area contributed by atoms with Crippen LogP contribution in [-0.2, 0) is 6.54 Å². The summed E-state index contributed by atoms with van der Waals surface area (Å²) in [5.74, 6) is 0.185. The Morgan fingerprint density at radius 2 is 2.14 bits per heavy atom. The Kier molecular flexibility index (Phi) is 3.56. The lowest BCUT2D eigenvalue weighted by atomic mass is 10.1. The van der Waals surface area contributed by atoms with Crippen molar-refractivity contribution in [1.29, 1.82) is 0 Å². The van der Waals surface area contributed by atoms with Crippen LogP contribution in [0.25, 0.3) is 0 Å². The molecule has 1 aromatic rings. The van der Waals surface area contributed by atoms with Gasteiger partial charge in [-0.05, 0) is 24.4 Å². The number of carbonyl (C=O) groups is 1. The van der Waals surface area contributed by atoms with Gasteiger partial charge in [0.1, 0.15) is 5.69 Å². The van der Waals surface area contributed by atoms with E-state index in [1.165, 1.54) is 4.68 Å². The van der Waals surface area contributed by atoms with E-state index in [9.17, 15) is 4.79 Å². The number of hydrogen-bond donors (Lipinski definition) is 0. The molecule has 0 fully saturated rings. The SMILES string of the molecule is CCn1nc(C(C)C)c(Cl)c1C(=O)Cl. The maximum atomic E-state index is 11.1. The van der Waals surface area contributed by atoms with Crippen LogP contribution in [0.5, 0.6) is 0 Å². The van der Waals surface area contributed by atoms with Gasteiger partial charge in [-0.1, -0.05) is 25.4 Å². The standard InChI is InChI=1S/C9H12Cl2N2O/c1-4-13-8(9(11)14)6(10)7(12-13)5(2)3/h5H,4H2,1-3H3. The molecule has 0 aliphatic carbocycles. The van der Waals surface area contributed by atoms with E-state index >= 15 is 0 Å². The summed E-state index contributed by atoms with van der Waals surface area (Å²) in [6, 6.07) is 0. The molecule has 1 rings (SSSR count). The number of nitrogens with zero attached hydrogens (tertiary/aromatic N) is 2. The van der Waals surface area contributed by atoms with Crippen molar-refractivity contribution >= 4 is 28.4 Å². The van der Waals surface area contributed by atoms with E-state index in [0.29, 0.717) is 17.3 Å². The minimum absolute atomic E-state index is 0.185. The van der Waals surface area contributed by atoms with Crippen molar-refractivity contribution in [2.24, 2.45) is 0 Å². The van der Waals surface area contributed by atoms with Crippen LogP contribution in [0.15, 0.2) is 0 Å². The number of hydrogen-bond acceptors (Lipinski definition) is 2. The quantitative estimate of drug-likeness (QED) is 0.754. The molecule has 0 aliphatic heterocycles. The third kappa shape index (κ3) is 1.93. The molecule has 0 saturated heterocycles.